The second-order valence-electron chi connectivity index (χ2n) is 21.3. The highest BCUT2D eigenvalue weighted by atomic mass is 16.6. The maximum atomic E-state index is 12.8. The van der Waals surface area contributed by atoms with Crippen molar-refractivity contribution >= 4 is 17.9 Å². The van der Waals surface area contributed by atoms with Gasteiger partial charge in [0.1, 0.15) is 13.2 Å². The zero-order valence-corrected chi connectivity index (χ0v) is 50.4. The molecule has 0 aliphatic heterocycles. The van der Waals surface area contributed by atoms with Crippen molar-refractivity contribution in [1.82, 2.24) is 0 Å². The number of carbonyl (C=O) groups is 3. The van der Waals surface area contributed by atoms with E-state index in [1.807, 2.05) is 0 Å². The quantitative estimate of drug-likeness (QED) is 0.0261. The molecule has 0 radical (unpaired) electrons. The molecule has 0 rings (SSSR count). The van der Waals surface area contributed by atoms with Gasteiger partial charge in [-0.3, -0.25) is 14.4 Å². The molecule has 0 N–H and O–H groups in total. The number of esters is 3. The number of hydrogen-bond acceptors (Lipinski definition) is 6. The molecule has 0 spiro atoms. The Morgan fingerprint density at radius 3 is 0.792 bits per heavy atom. The van der Waals surface area contributed by atoms with Crippen LogP contribution in [0.25, 0.3) is 0 Å². The summed E-state index contributed by atoms with van der Waals surface area (Å²) >= 11 is 0. The second kappa shape index (κ2) is 64.6. The average Bonchev–Trinajstić information content (AvgIpc) is 3.43. The Bertz CT molecular complexity index is 1560. The normalized spacial score (nSPS) is 12.8. The van der Waals surface area contributed by atoms with Crippen molar-refractivity contribution in [2.24, 2.45) is 0 Å². The lowest BCUT2D eigenvalue weighted by molar-refractivity contribution is -0.167. The van der Waals surface area contributed by atoms with Crippen molar-refractivity contribution in [2.45, 2.75) is 309 Å². The molecule has 0 bridgehead atoms. The van der Waals surface area contributed by atoms with Gasteiger partial charge in [-0.15, -0.1) is 0 Å². The molecular weight excluding hydrogens is 949 g/mol. The third kappa shape index (κ3) is 62.8. The topological polar surface area (TPSA) is 78.9 Å². The molecule has 0 aromatic heterocycles. The average molecular weight is 1070 g/mol. The highest BCUT2D eigenvalue weighted by Gasteiger charge is 2.19. The lowest BCUT2D eigenvalue weighted by Crippen LogP contribution is -2.30. The Kier molecular flexibility index (Phi) is 61.3. The first kappa shape index (κ1) is 73.1. The van der Waals surface area contributed by atoms with Crippen LogP contribution in [0.2, 0.25) is 0 Å². The van der Waals surface area contributed by atoms with Crippen LogP contribution in [-0.4, -0.2) is 37.2 Å². The van der Waals surface area contributed by atoms with Crippen LogP contribution in [0, 0.1) is 0 Å². The summed E-state index contributed by atoms with van der Waals surface area (Å²) in [6.07, 6.45) is 88.6. The van der Waals surface area contributed by atoms with Gasteiger partial charge in [0.25, 0.3) is 0 Å². The van der Waals surface area contributed by atoms with E-state index >= 15 is 0 Å². The Morgan fingerprint density at radius 2 is 0.506 bits per heavy atom. The molecule has 440 valence electrons. The predicted molar refractivity (Wildman–Crippen MR) is 334 cm³/mol. The molecule has 0 aliphatic rings. The first-order chi connectivity index (χ1) is 38.0. The molecular formula is C71H120O6. The monoisotopic (exact) mass is 1070 g/mol. The highest BCUT2D eigenvalue weighted by Crippen LogP contribution is 2.17. The zero-order chi connectivity index (χ0) is 55.7. The predicted octanol–water partition coefficient (Wildman–Crippen LogP) is 22.2. The van der Waals surface area contributed by atoms with Crippen molar-refractivity contribution in [2.75, 3.05) is 13.2 Å². The molecule has 6 nitrogen and oxygen atoms in total. The summed E-state index contributed by atoms with van der Waals surface area (Å²) in [6.45, 7) is 6.35. The molecule has 0 saturated heterocycles. The van der Waals surface area contributed by atoms with Crippen molar-refractivity contribution in [3.8, 4) is 0 Å². The third-order valence-electron chi connectivity index (χ3n) is 13.8. The van der Waals surface area contributed by atoms with E-state index in [1.165, 1.54) is 141 Å². The minimum absolute atomic E-state index is 0.0782. The smallest absolute Gasteiger partial charge is 0.306 e. The van der Waals surface area contributed by atoms with Crippen molar-refractivity contribution in [3.05, 3.63) is 109 Å². The van der Waals surface area contributed by atoms with Gasteiger partial charge in [-0.2, -0.15) is 0 Å². The summed E-state index contributed by atoms with van der Waals surface area (Å²) in [4.78, 5) is 37.9. The Morgan fingerprint density at radius 1 is 0.273 bits per heavy atom. The molecule has 6 heteroatoms. The lowest BCUT2D eigenvalue weighted by atomic mass is 10.0. The van der Waals surface area contributed by atoms with Gasteiger partial charge in [-0.1, -0.05) is 291 Å². The van der Waals surface area contributed by atoms with E-state index in [0.29, 0.717) is 19.3 Å². The second-order valence-corrected chi connectivity index (χ2v) is 21.3. The molecule has 0 heterocycles. The summed E-state index contributed by atoms with van der Waals surface area (Å²) in [7, 11) is 0. The standard InChI is InChI=1S/C71H120O6/c1-4-7-10-13-15-17-19-21-23-25-27-29-31-32-33-34-35-36-37-38-40-41-43-45-47-49-51-53-55-58-61-64-70(73)76-67-68(66-75-69(72)63-60-57-12-9-6-3)77-71(74)65-62-59-56-54-52-50-48-46-44-42-39-30-28-26-24-22-20-18-16-14-11-8-5-2/h7-8,10-11,15-18,21-24,27-30,32-33,68H,4-6,9,12-14,19-20,25-26,31,34-67H2,1-3H3/b10-7-,11-8-,17-15-,18-16-,23-21-,24-22-,29-27-,30-28-,33-32-. The van der Waals surface area contributed by atoms with Gasteiger partial charge in [-0.25, -0.2) is 0 Å². The molecule has 0 aromatic rings. The van der Waals surface area contributed by atoms with E-state index in [4.69, 9.17) is 14.2 Å². The van der Waals surface area contributed by atoms with E-state index in [2.05, 4.69) is 130 Å². The van der Waals surface area contributed by atoms with Crippen LogP contribution in [-0.2, 0) is 28.6 Å². The van der Waals surface area contributed by atoms with E-state index < -0.39 is 6.10 Å². The number of carbonyl (C=O) groups excluding carboxylic acids is 3. The summed E-state index contributed by atoms with van der Waals surface area (Å²) in [5.41, 5.74) is 0. The van der Waals surface area contributed by atoms with Gasteiger partial charge in [0.15, 0.2) is 6.10 Å². The van der Waals surface area contributed by atoms with Crippen LogP contribution in [0.4, 0.5) is 0 Å². The van der Waals surface area contributed by atoms with Crippen LogP contribution in [0.3, 0.4) is 0 Å². The number of allylic oxidation sites excluding steroid dienone is 18. The maximum absolute atomic E-state index is 12.8. The van der Waals surface area contributed by atoms with E-state index in [9.17, 15) is 14.4 Å². The Balaban J connectivity index is 4.01. The molecule has 1 unspecified atom stereocenters. The lowest BCUT2D eigenvalue weighted by Gasteiger charge is -2.18. The Labute approximate surface area is 476 Å². The fraction of sp³-hybridized carbons (Fsp3) is 0.704. The van der Waals surface area contributed by atoms with Crippen molar-refractivity contribution in [1.29, 1.82) is 0 Å². The van der Waals surface area contributed by atoms with E-state index in [0.717, 1.165) is 122 Å². The molecule has 77 heavy (non-hydrogen) atoms. The van der Waals surface area contributed by atoms with Crippen LogP contribution in [0.5, 0.6) is 0 Å². The van der Waals surface area contributed by atoms with Gasteiger partial charge in [0.05, 0.1) is 0 Å². The molecule has 1 atom stereocenters. The Hall–Kier alpha value is -3.93. The molecule has 0 fully saturated rings. The highest BCUT2D eigenvalue weighted by molar-refractivity contribution is 5.71. The molecule has 0 saturated carbocycles. The van der Waals surface area contributed by atoms with Crippen LogP contribution >= 0.6 is 0 Å². The molecule has 0 amide bonds. The zero-order valence-electron chi connectivity index (χ0n) is 50.4. The van der Waals surface area contributed by atoms with Gasteiger partial charge >= 0.3 is 17.9 Å². The number of unbranched alkanes of at least 4 members (excludes halogenated alkanes) is 29. The summed E-state index contributed by atoms with van der Waals surface area (Å²) in [5, 5.41) is 0. The van der Waals surface area contributed by atoms with Crippen LogP contribution < -0.4 is 0 Å². The SMILES string of the molecule is CC/C=C\C/C=C\C/C=C\C/C=C\C/C=C\CCCCCCCCCCCCCCCCCC(=O)OCC(COC(=O)CCCCCCC)OC(=O)CCCCCCCCCCCC/C=C\C/C=C\C/C=C\C/C=C\CC. The number of ether oxygens (including phenoxy) is 3. The largest absolute Gasteiger partial charge is 0.462 e. The number of rotatable bonds is 58. The van der Waals surface area contributed by atoms with Crippen molar-refractivity contribution in [3.63, 3.8) is 0 Å². The molecule has 0 aromatic carbocycles. The number of hydrogen-bond donors (Lipinski definition) is 0. The maximum Gasteiger partial charge on any atom is 0.306 e. The minimum atomic E-state index is -0.777. The third-order valence-corrected chi connectivity index (χ3v) is 13.8. The van der Waals surface area contributed by atoms with Gasteiger partial charge in [0.2, 0.25) is 0 Å². The van der Waals surface area contributed by atoms with E-state index in [1.54, 1.807) is 0 Å². The summed E-state index contributed by atoms with van der Waals surface area (Å²) in [5.74, 6) is -0.889. The summed E-state index contributed by atoms with van der Waals surface area (Å²) < 4.78 is 16.8. The first-order valence-corrected chi connectivity index (χ1v) is 32.4. The van der Waals surface area contributed by atoms with Gasteiger partial charge < -0.3 is 14.2 Å². The van der Waals surface area contributed by atoms with Gasteiger partial charge in [0, 0.05) is 19.3 Å². The van der Waals surface area contributed by atoms with Crippen LogP contribution in [0.1, 0.15) is 303 Å². The van der Waals surface area contributed by atoms with Crippen LogP contribution in [0.15, 0.2) is 109 Å². The molecule has 0 aliphatic carbocycles. The van der Waals surface area contributed by atoms with Crippen molar-refractivity contribution < 1.29 is 28.6 Å². The fourth-order valence-electron chi connectivity index (χ4n) is 8.99. The summed E-state index contributed by atoms with van der Waals surface area (Å²) in [6, 6.07) is 0. The first-order valence-electron chi connectivity index (χ1n) is 32.4. The fourth-order valence-corrected chi connectivity index (χ4v) is 8.99. The minimum Gasteiger partial charge on any atom is -0.462 e. The van der Waals surface area contributed by atoms with Gasteiger partial charge in [-0.05, 0) is 103 Å². The van der Waals surface area contributed by atoms with E-state index in [-0.39, 0.29) is 31.1 Å².